The second-order valence-electron chi connectivity index (χ2n) is 8.80. The van der Waals surface area contributed by atoms with Crippen molar-refractivity contribution in [2.45, 2.75) is 68.8 Å². The predicted octanol–water partition coefficient (Wildman–Crippen LogP) is 4.83. The third-order valence-corrected chi connectivity index (χ3v) is 7.40. The summed E-state index contributed by atoms with van der Waals surface area (Å²) in [4.78, 5) is 31.5. The maximum absolute atomic E-state index is 13.6. The summed E-state index contributed by atoms with van der Waals surface area (Å²) < 4.78 is 1.63. The quantitative estimate of drug-likeness (QED) is 0.435. The van der Waals surface area contributed by atoms with Crippen LogP contribution in [0.4, 0.5) is 0 Å². The lowest BCUT2D eigenvalue weighted by atomic mass is 9.83. The van der Waals surface area contributed by atoms with Crippen LogP contribution in [-0.4, -0.2) is 26.2 Å². The molecule has 1 heterocycles. The monoisotopic (exact) mass is 460 g/mol. The smallest absolute Gasteiger partial charge is 0.266 e. The number of nitrogens with zero attached hydrogens (tertiary/aromatic N) is 3. The molecule has 33 heavy (non-hydrogen) atoms. The number of aromatic nitrogens is 2. The van der Waals surface area contributed by atoms with Crippen LogP contribution in [0, 0.1) is 25.2 Å². The molecule has 0 aliphatic heterocycles. The molecule has 1 aliphatic carbocycles. The molecule has 7 heteroatoms. The summed E-state index contributed by atoms with van der Waals surface area (Å²) in [7, 11) is 0. The molecular weight excluding hydrogens is 432 g/mol. The number of hydrogen-bond acceptors (Lipinski definition) is 5. The number of para-hydroxylation sites is 2. The number of amides is 1. The van der Waals surface area contributed by atoms with Crippen molar-refractivity contribution in [2.75, 3.05) is 0 Å². The molecule has 1 N–H and O–H groups in total. The van der Waals surface area contributed by atoms with Crippen LogP contribution in [-0.2, 0) is 4.79 Å². The van der Waals surface area contributed by atoms with E-state index in [1.807, 2.05) is 50.2 Å². The van der Waals surface area contributed by atoms with E-state index in [0.29, 0.717) is 28.9 Å². The van der Waals surface area contributed by atoms with E-state index in [9.17, 15) is 14.9 Å². The van der Waals surface area contributed by atoms with Crippen molar-refractivity contribution in [1.29, 1.82) is 5.26 Å². The zero-order chi connectivity index (χ0) is 23.6. The largest absolute Gasteiger partial charge is 0.337 e. The standard InChI is InChI=1S/C26H28N4O2S/c1-17-10-9-11-18(2)22(17)30-24(32)20-12-5-6-13-21(20)28-25(30)33-19(3)23(31)29-26(16-27)14-7-4-8-15-26/h5-6,9-13,19H,4,7-8,14-15H2,1-3H3,(H,29,31). The summed E-state index contributed by atoms with van der Waals surface area (Å²) in [6.45, 7) is 5.73. The van der Waals surface area contributed by atoms with Crippen LogP contribution in [0.2, 0.25) is 0 Å². The van der Waals surface area contributed by atoms with Crippen molar-refractivity contribution < 1.29 is 4.79 Å². The van der Waals surface area contributed by atoms with Gasteiger partial charge in [0.05, 0.1) is 27.9 Å². The molecule has 1 unspecified atom stereocenters. The molecule has 6 nitrogen and oxygen atoms in total. The molecule has 0 saturated heterocycles. The molecule has 0 spiro atoms. The molecule has 1 saturated carbocycles. The number of fused-ring (bicyclic) bond motifs is 1. The van der Waals surface area contributed by atoms with Crippen molar-refractivity contribution in [3.63, 3.8) is 0 Å². The summed E-state index contributed by atoms with van der Waals surface area (Å²) in [6, 6.07) is 15.5. The van der Waals surface area contributed by atoms with Gasteiger partial charge in [0.25, 0.3) is 5.56 Å². The molecule has 0 radical (unpaired) electrons. The first-order valence-electron chi connectivity index (χ1n) is 11.3. The van der Waals surface area contributed by atoms with Crippen molar-refractivity contribution in [1.82, 2.24) is 14.9 Å². The Labute approximate surface area is 198 Å². The number of nitrogens with one attached hydrogen (secondary N) is 1. The van der Waals surface area contributed by atoms with Crippen LogP contribution in [0.1, 0.15) is 50.2 Å². The Morgan fingerprint density at radius 1 is 1.12 bits per heavy atom. The number of aryl methyl sites for hydroxylation is 2. The summed E-state index contributed by atoms with van der Waals surface area (Å²) in [5.41, 5.74) is 2.34. The van der Waals surface area contributed by atoms with Gasteiger partial charge in [0.1, 0.15) is 5.54 Å². The Hall–Kier alpha value is -3.11. The first-order chi connectivity index (χ1) is 15.8. The Morgan fingerprint density at radius 2 is 1.79 bits per heavy atom. The second-order valence-corrected chi connectivity index (χ2v) is 10.1. The molecule has 1 aromatic heterocycles. The van der Waals surface area contributed by atoms with Crippen LogP contribution >= 0.6 is 11.8 Å². The van der Waals surface area contributed by atoms with E-state index in [1.165, 1.54) is 11.8 Å². The summed E-state index contributed by atoms with van der Waals surface area (Å²) in [5, 5.41) is 13.2. The summed E-state index contributed by atoms with van der Waals surface area (Å²) >= 11 is 1.25. The highest BCUT2D eigenvalue weighted by molar-refractivity contribution is 8.00. The molecule has 1 aliphatic rings. The van der Waals surface area contributed by atoms with E-state index < -0.39 is 10.8 Å². The van der Waals surface area contributed by atoms with E-state index in [4.69, 9.17) is 4.98 Å². The van der Waals surface area contributed by atoms with Crippen LogP contribution in [0.5, 0.6) is 0 Å². The normalized spacial score (nSPS) is 16.2. The molecule has 170 valence electrons. The lowest BCUT2D eigenvalue weighted by molar-refractivity contribution is -0.121. The minimum atomic E-state index is -0.798. The molecular formula is C26H28N4O2S. The number of thioether (sulfide) groups is 1. The van der Waals surface area contributed by atoms with Gasteiger partial charge in [-0.3, -0.25) is 14.2 Å². The van der Waals surface area contributed by atoms with Crippen molar-refractivity contribution in [3.05, 3.63) is 63.9 Å². The van der Waals surface area contributed by atoms with Crippen LogP contribution in [0.15, 0.2) is 52.4 Å². The highest BCUT2D eigenvalue weighted by Gasteiger charge is 2.35. The third kappa shape index (κ3) is 4.53. The van der Waals surface area contributed by atoms with Gasteiger partial charge in [-0.15, -0.1) is 0 Å². The van der Waals surface area contributed by atoms with E-state index in [1.54, 1.807) is 17.6 Å². The highest BCUT2D eigenvalue weighted by Crippen LogP contribution is 2.31. The fourth-order valence-electron chi connectivity index (χ4n) is 4.52. The number of benzene rings is 2. The first kappa shape index (κ1) is 23.1. The van der Waals surface area contributed by atoms with Gasteiger partial charge in [-0.2, -0.15) is 5.26 Å². The van der Waals surface area contributed by atoms with Gasteiger partial charge in [0, 0.05) is 0 Å². The number of nitriles is 1. The zero-order valence-corrected chi connectivity index (χ0v) is 20.0. The maximum Gasteiger partial charge on any atom is 0.266 e. The molecule has 3 aromatic rings. The van der Waals surface area contributed by atoms with Crippen LogP contribution < -0.4 is 10.9 Å². The molecule has 1 atom stereocenters. The third-order valence-electron chi connectivity index (χ3n) is 6.34. The van der Waals surface area contributed by atoms with E-state index in [-0.39, 0.29) is 11.5 Å². The molecule has 1 amide bonds. The van der Waals surface area contributed by atoms with Gasteiger partial charge in [-0.25, -0.2) is 4.98 Å². The highest BCUT2D eigenvalue weighted by atomic mass is 32.2. The molecule has 1 fully saturated rings. The minimum absolute atomic E-state index is 0.158. The molecule has 0 bridgehead atoms. The Bertz CT molecular complexity index is 1280. The van der Waals surface area contributed by atoms with Crippen molar-refractivity contribution in [3.8, 4) is 11.8 Å². The number of rotatable bonds is 5. The van der Waals surface area contributed by atoms with Gasteiger partial charge in [-0.05, 0) is 56.9 Å². The van der Waals surface area contributed by atoms with Gasteiger partial charge >= 0.3 is 0 Å². The number of carbonyl (C=O) groups is 1. The Balaban J connectivity index is 1.75. The van der Waals surface area contributed by atoms with Crippen LogP contribution in [0.3, 0.4) is 0 Å². The fraction of sp³-hybridized carbons (Fsp3) is 0.385. The Morgan fingerprint density at radius 3 is 2.45 bits per heavy atom. The van der Waals surface area contributed by atoms with E-state index >= 15 is 0 Å². The van der Waals surface area contributed by atoms with Gasteiger partial charge in [-0.1, -0.05) is 61.4 Å². The molecule has 2 aromatic carbocycles. The SMILES string of the molecule is Cc1cccc(C)c1-n1c(SC(C)C(=O)NC2(C#N)CCCCC2)nc2ccccc2c1=O. The Kier molecular flexibility index (Phi) is 6.57. The minimum Gasteiger partial charge on any atom is -0.337 e. The van der Waals surface area contributed by atoms with Gasteiger partial charge in [0.15, 0.2) is 5.16 Å². The van der Waals surface area contributed by atoms with E-state index in [0.717, 1.165) is 36.1 Å². The summed E-state index contributed by atoms with van der Waals surface area (Å²) in [5.74, 6) is -0.209. The average Bonchev–Trinajstić information content (AvgIpc) is 2.81. The average molecular weight is 461 g/mol. The number of carbonyl (C=O) groups excluding carboxylic acids is 1. The topological polar surface area (TPSA) is 87.8 Å². The van der Waals surface area contributed by atoms with E-state index in [2.05, 4.69) is 11.4 Å². The maximum atomic E-state index is 13.6. The first-order valence-corrected chi connectivity index (χ1v) is 12.2. The van der Waals surface area contributed by atoms with Gasteiger partial charge < -0.3 is 5.32 Å². The predicted molar refractivity (Wildman–Crippen MR) is 132 cm³/mol. The number of hydrogen-bond donors (Lipinski definition) is 1. The lowest BCUT2D eigenvalue weighted by Gasteiger charge is -2.32. The van der Waals surface area contributed by atoms with Crippen molar-refractivity contribution >= 4 is 28.6 Å². The second kappa shape index (κ2) is 9.40. The van der Waals surface area contributed by atoms with Gasteiger partial charge in [0.2, 0.25) is 5.91 Å². The van der Waals surface area contributed by atoms with Crippen LogP contribution in [0.25, 0.3) is 16.6 Å². The lowest BCUT2D eigenvalue weighted by Crippen LogP contribution is -2.51. The summed E-state index contributed by atoms with van der Waals surface area (Å²) in [6.07, 6.45) is 4.32. The zero-order valence-electron chi connectivity index (χ0n) is 19.2. The fourth-order valence-corrected chi connectivity index (χ4v) is 5.43. The van der Waals surface area contributed by atoms with Crippen molar-refractivity contribution in [2.24, 2.45) is 0 Å². The molecule has 4 rings (SSSR count).